The minimum Gasteiger partial charge on any atom is -0.491 e. The first kappa shape index (κ1) is 24.3. The standard InChI is InChI=1S/C23H28N2O5S/c1-2-28-16-17-29-20-10-8-19(9-11-20)24-23(31)25-21(26)12-13-22(27)30-15-14-18-6-4-3-5-7-18/h3-11H,2,12-17H2,1H3,(H2,24,25,26,31). The third-order valence-electron chi connectivity index (χ3n) is 4.12. The molecule has 2 rings (SSSR count). The van der Waals surface area contributed by atoms with Crippen molar-refractivity contribution in [3.63, 3.8) is 0 Å². The normalized spacial score (nSPS) is 10.2. The Morgan fingerprint density at radius 1 is 0.935 bits per heavy atom. The average molecular weight is 445 g/mol. The highest BCUT2D eigenvalue weighted by atomic mass is 32.1. The van der Waals surface area contributed by atoms with Gasteiger partial charge in [-0.05, 0) is 49.0 Å². The van der Waals surface area contributed by atoms with Gasteiger partial charge in [-0.15, -0.1) is 0 Å². The largest absolute Gasteiger partial charge is 0.491 e. The molecule has 2 aromatic rings. The fraction of sp³-hybridized carbons (Fsp3) is 0.348. The molecule has 0 fully saturated rings. The second kappa shape index (κ2) is 14.1. The maximum Gasteiger partial charge on any atom is 0.306 e. The van der Waals surface area contributed by atoms with Gasteiger partial charge in [0.25, 0.3) is 0 Å². The summed E-state index contributed by atoms with van der Waals surface area (Å²) in [5.74, 6) is -0.0516. The van der Waals surface area contributed by atoms with Crippen molar-refractivity contribution in [3.8, 4) is 5.75 Å². The molecule has 0 unspecified atom stereocenters. The van der Waals surface area contributed by atoms with Crippen LogP contribution in [0.5, 0.6) is 5.75 Å². The number of esters is 1. The van der Waals surface area contributed by atoms with Crippen LogP contribution in [0.15, 0.2) is 54.6 Å². The Morgan fingerprint density at radius 3 is 2.39 bits per heavy atom. The Balaban J connectivity index is 1.60. The average Bonchev–Trinajstić information content (AvgIpc) is 2.77. The van der Waals surface area contributed by atoms with Gasteiger partial charge < -0.3 is 24.8 Å². The van der Waals surface area contributed by atoms with Crippen LogP contribution >= 0.6 is 12.2 Å². The van der Waals surface area contributed by atoms with Crippen molar-refractivity contribution in [1.82, 2.24) is 5.32 Å². The van der Waals surface area contributed by atoms with Crippen LogP contribution in [0.25, 0.3) is 0 Å². The van der Waals surface area contributed by atoms with E-state index in [-0.39, 0.29) is 30.5 Å². The molecule has 0 spiro atoms. The summed E-state index contributed by atoms with van der Waals surface area (Å²) in [4.78, 5) is 23.8. The first-order valence-electron chi connectivity index (χ1n) is 10.2. The zero-order chi connectivity index (χ0) is 22.3. The van der Waals surface area contributed by atoms with Crippen molar-refractivity contribution in [2.45, 2.75) is 26.2 Å². The summed E-state index contributed by atoms with van der Waals surface area (Å²) in [6.45, 7) is 3.89. The third-order valence-corrected chi connectivity index (χ3v) is 4.32. The molecule has 166 valence electrons. The minimum atomic E-state index is -0.412. The molecule has 8 heteroatoms. The number of amides is 1. The van der Waals surface area contributed by atoms with Crippen molar-refractivity contribution >= 4 is 34.9 Å². The second-order valence-corrected chi connectivity index (χ2v) is 6.94. The SMILES string of the molecule is CCOCCOc1ccc(NC(=S)NC(=O)CCC(=O)OCCc2ccccc2)cc1. The van der Waals surface area contributed by atoms with E-state index in [1.807, 2.05) is 37.3 Å². The van der Waals surface area contributed by atoms with Gasteiger partial charge in [0.2, 0.25) is 5.91 Å². The van der Waals surface area contributed by atoms with E-state index in [4.69, 9.17) is 26.4 Å². The van der Waals surface area contributed by atoms with Crippen molar-refractivity contribution in [2.24, 2.45) is 0 Å². The van der Waals surface area contributed by atoms with Crippen molar-refractivity contribution in [3.05, 3.63) is 60.2 Å². The van der Waals surface area contributed by atoms with Crippen LogP contribution in [0.2, 0.25) is 0 Å². The van der Waals surface area contributed by atoms with Gasteiger partial charge in [-0.25, -0.2) is 0 Å². The van der Waals surface area contributed by atoms with Crippen LogP contribution in [0.3, 0.4) is 0 Å². The molecule has 0 heterocycles. The van der Waals surface area contributed by atoms with E-state index in [1.54, 1.807) is 24.3 Å². The molecule has 0 aromatic heterocycles. The van der Waals surface area contributed by atoms with Gasteiger partial charge in [0.1, 0.15) is 12.4 Å². The maximum atomic E-state index is 12.0. The highest BCUT2D eigenvalue weighted by Gasteiger charge is 2.10. The molecule has 0 aliphatic rings. The van der Waals surface area contributed by atoms with E-state index < -0.39 is 5.97 Å². The molecule has 7 nitrogen and oxygen atoms in total. The molecular weight excluding hydrogens is 416 g/mol. The minimum absolute atomic E-state index is 0.00139. The molecule has 1 amide bonds. The monoisotopic (exact) mass is 444 g/mol. The van der Waals surface area contributed by atoms with Crippen LogP contribution in [0.1, 0.15) is 25.3 Å². The lowest BCUT2D eigenvalue weighted by atomic mass is 10.2. The molecule has 0 aliphatic heterocycles. The smallest absolute Gasteiger partial charge is 0.306 e. The number of hydrogen-bond donors (Lipinski definition) is 2. The fourth-order valence-corrected chi connectivity index (χ4v) is 2.80. The van der Waals surface area contributed by atoms with Crippen LogP contribution in [-0.4, -0.2) is 43.4 Å². The van der Waals surface area contributed by atoms with Crippen molar-refractivity contribution in [2.75, 3.05) is 31.7 Å². The molecule has 0 bridgehead atoms. The Labute approximate surface area is 188 Å². The molecule has 0 radical (unpaired) electrons. The molecule has 0 aliphatic carbocycles. The number of ether oxygens (including phenoxy) is 3. The predicted molar refractivity (Wildman–Crippen MR) is 123 cm³/mol. The van der Waals surface area contributed by atoms with E-state index in [0.717, 1.165) is 5.56 Å². The molecule has 0 saturated carbocycles. The van der Waals surface area contributed by atoms with Gasteiger partial charge in [-0.1, -0.05) is 30.3 Å². The zero-order valence-corrected chi connectivity index (χ0v) is 18.4. The molecule has 2 aromatic carbocycles. The van der Waals surface area contributed by atoms with Crippen molar-refractivity contribution < 1.29 is 23.8 Å². The Hall–Kier alpha value is -2.97. The van der Waals surface area contributed by atoms with Crippen LogP contribution in [-0.2, 0) is 25.5 Å². The zero-order valence-electron chi connectivity index (χ0n) is 17.6. The van der Waals surface area contributed by atoms with Crippen molar-refractivity contribution in [1.29, 1.82) is 0 Å². The summed E-state index contributed by atoms with van der Waals surface area (Å²) in [6.07, 6.45) is 0.638. The molecule has 31 heavy (non-hydrogen) atoms. The highest BCUT2D eigenvalue weighted by Crippen LogP contribution is 2.15. The second-order valence-electron chi connectivity index (χ2n) is 6.53. The van der Waals surface area contributed by atoms with Gasteiger partial charge in [-0.2, -0.15) is 0 Å². The quantitative estimate of drug-likeness (QED) is 0.294. The first-order chi connectivity index (χ1) is 15.1. The maximum absolute atomic E-state index is 12.0. The number of anilines is 1. The fourth-order valence-electron chi connectivity index (χ4n) is 2.56. The molecular formula is C23H28N2O5S. The number of nitrogens with one attached hydrogen (secondary N) is 2. The van der Waals surface area contributed by atoms with E-state index in [1.165, 1.54) is 0 Å². The van der Waals surface area contributed by atoms with Gasteiger partial charge >= 0.3 is 5.97 Å². The Kier molecular flexibility index (Phi) is 11.1. The Bertz CT molecular complexity index is 828. The number of carbonyl (C=O) groups is 2. The van der Waals surface area contributed by atoms with Gasteiger partial charge in [-0.3, -0.25) is 9.59 Å². The van der Waals surface area contributed by atoms with E-state index in [0.29, 0.717) is 37.7 Å². The number of benzene rings is 2. The van der Waals surface area contributed by atoms with Gasteiger partial charge in [0.15, 0.2) is 5.11 Å². The van der Waals surface area contributed by atoms with Gasteiger partial charge in [0.05, 0.1) is 19.6 Å². The van der Waals surface area contributed by atoms with Crippen LogP contribution in [0, 0.1) is 0 Å². The summed E-state index contributed by atoms with van der Waals surface area (Å²) in [5, 5.41) is 5.63. The molecule has 2 N–H and O–H groups in total. The molecule has 0 atom stereocenters. The molecule has 0 saturated heterocycles. The van der Waals surface area contributed by atoms with E-state index >= 15 is 0 Å². The number of thiocarbonyl (C=S) groups is 1. The summed E-state index contributed by atoms with van der Waals surface area (Å²) < 4.78 is 15.9. The van der Waals surface area contributed by atoms with Gasteiger partial charge in [0, 0.05) is 25.1 Å². The summed E-state index contributed by atoms with van der Waals surface area (Å²) >= 11 is 5.14. The highest BCUT2D eigenvalue weighted by molar-refractivity contribution is 7.80. The summed E-state index contributed by atoms with van der Waals surface area (Å²) in [6, 6.07) is 16.9. The lowest BCUT2D eigenvalue weighted by Gasteiger charge is -2.11. The first-order valence-corrected chi connectivity index (χ1v) is 10.6. The number of rotatable bonds is 12. The number of hydrogen-bond acceptors (Lipinski definition) is 6. The predicted octanol–water partition coefficient (Wildman–Crippen LogP) is 3.48. The van der Waals surface area contributed by atoms with E-state index in [2.05, 4.69) is 10.6 Å². The Morgan fingerprint density at radius 2 is 1.68 bits per heavy atom. The van der Waals surface area contributed by atoms with Crippen LogP contribution in [0.4, 0.5) is 5.69 Å². The summed E-state index contributed by atoms with van der Waals surface area (Å²) in [7, 11) is 0. The third kappa shape index (κ3) is 10.6. The lowest BCUT2D eigenvalue weighted by molar-refractivity contribution is -0.144. The lowest BCUT2D eigenvalue weighted by Crippen LogP contribution is -2.34. The topological polar surface area (TPSA) is 85.9 Å². The van der Waals surface area contributed by atoms with E-state index in [9.17, 15) is 9.59 Å². The van der Waals surface area contributed by atoms with Crippen LogP contribution < -0.4 is 15.4 Å². The summed E-state index contributed by atoms with van der Waals surface area (Å²) in [5.41, 5.74) is 1.80. The number of carbonyl (C=O) groups excluding carboxylic acids is 2.